The monoisotopic (exact) mass is 628 g/mol. The molecule has 4 aromatic rings. The van der Waals surface area contributed by atoms with E-state index in [1.807, 2.05) is 72.8 Å². The van der Waals surface area contributed by atoms with E-state index in [1.165, 1.54) is 0 Å². The van der Waals surface area contributed by atoms with Gasteiger partial charge in [-0.15, -0.1) is 0 Å². The van der Waals surface area contributed by atoms with Crippen molar-refractivity contribution in [3.8, 4) is 11.1 Å². The number of aliphatic hydroxyl groups excluding tert-OH is 1. The van der Waals surface area contributed by atoms with Crippen molar-refractivity contribution in [2.24, 2.45) is 5.92 Å². The SMILES string of the molecule is C[C@H]1[C@@H](CN2CCOCC2)O[C@@H](c2ccc(-c3ccccc3CNS(=O)(=O)c3ccccc3)cc2)O[C@H]1c1ccc(CO)cc1. The van der Waals surface area contributed by atoms with Crippen LogP contribution in [-0.2, 0) is 37.4 Å². The van der Waals surface area contributed by atoms with Crippen LogP contribution < -0.4 is 4.72 Å². The van der Waals surface area contributed by atoms with Crippen LogP contribution in [0.5, 0.6) is 0 Å². The first-order valence-corrected chi connectivity index (χ1v) is 16.9. The number of nitrogens with one attached hydrogen (secondary N) is 1. The second kappa shape index (κ2) is 14.3. The van der Waals surface area contributed by atoms with Gasteiger partial charge in [0.2, 0.25) is 10.0 Å². The van der Waals surface area contributed by atoms with Gasteiger partial charge in [-0.3, -0.25) is 4.90 Å². The fraction of sp³-hybridized carbons (Fsp3) is 0.333. The summed E-state index contributed by atoms with van der Waals surface area (Å²) < 4.78 is 47.3. The highest BCUT2D eigenvalue weighted by molar-refractivity contribution is 7.89. The fourth-order valence-corrected chi connectivity index (χ4v) is 7.03. The van der Waals surface area contributed by atoms with E-state index in [9.17, 15) is 13.5 Å². The average Bonchev–Trinajstić information content (AvgIpc) is 3.09. The summed E-state index contributed by atoms with van der Waals surface area (Å²) in [5.41, 5.74) is 5.63. The summed E-state index contributed by atoms with van der Waals surface area (Å²) in [6, 6.07) is 32.3. The first-order chi connectivity index (χ1) is 21.9. The largest absolute Gasteiger partial charge is 0.392 e. The molecule has 0 spiro atoms. The van der Waals surface area contributed by atoms with Gasteiger partial charge in [0, 0.05) is 37.7 Å². The summed E-state index contributed by atoms with van der Waals surface area (Å²) in [4.78, 5) is 2.63. The molecule has 236 valence electrons. The minimum absolute atomic E-state index is 0.00112. The Balaban J connectivity index is 1.22. The Morgan fingerprint density at radius 1 is 0.822 bits per heavy atom. The third-order valence-corrected chi connectivity index (χ3v) is 10.1. The number of benzene rings is 4. The van der Waals surface area contributed by atoms with Gasteiger partial charge in [-0.05, 0) is 39.9 Å². The Morgan fingerprint density at radius 2 is 1.49 bits per heavy atom. The third-order valence-electron chi connectivity index (χ3n) is 8.68. The Hall–Kier alpha value is -3.41. The molecule has 2 heterocycles. The van der Waals surface area contributed by atoms with E-state index in [4.69, 9.17) is 14.2 Å². The van der Waals surface area contributed by atoms with Crippen LogP contribution in [0.3, 0.4) is 0 Å². The maximum Gasteiger partial charge on any atom is 0.240 e. The summed E-state index contributed by atoms with van der Waals surface area (Å²) in [6.07, 6.45) is -0.792. The number of sulfonamides is 1. The van der Waals surface area contributed by atoms with E-state index in [2.05, 4.69) is 16.5 Å². The highest BCUT2D eigenvalue weighted by Crippen LogP contribution is 2.42. The molecule has 2 fully saturated rings. The van der Waals surface area contributed by atoms with Crippen molar-refractivity contribution in [3.05, 3.63) is 125 Å². The Morgan fingerprint density at radius 3 is 2.20 bits per heavy atom. The van der Waals surface area contributed by atoms with E-state index in [0.29, 0.717) is 0 Å². The predicted octanol–water partition coefficient (Wildman–Crippen LogP) is 5.45. The number of hydrogen-bond acceptors (Lipinski definition) is 7. The summed E-state index contributed by atoms with van der Waals surface area (Å²) in [6.45, 7) is 6.35. The Bertz CT molecular complexity index is 1640. The molecule has 0 saturated carbocycles. The van der Waals surface area contributed by atoms with Crippen LogP contribution >= 0.6 is 0 Å². The van der Waals surface area contributed by atoms with E-state index in [0.717, 1.165) is 66.2 Å². The summed E-state index contributed by atoms with van der Waals surface area (Å²) in [7, 11) is -3.64. The highest BCUT2D eigenvalue weighted by atomic mass is 32.2. The predicted molar refractivity (Wildman–Crippen MR) is 173 cm³/mol. The molecule has 9 heteroatoms. The number of morpholine rings is 1. The molecule has 4 atom stereocenters. The van der Waals surface area contributed by atoms with Gasteiger partial charge in [0.05, 0.1) is 36.9 Å². The molecule has 0 unspecified atom stereocenters. The maximum absolute atomic E-state index is 12.9. The third kappa shape index (κ3) is 7.53. The lowest BCUT2D eigenvalue weighted by molar-refractivity contribution is -0.277. The van der Waals surface area contributed by atoms with Crippen LogP contribution in [0.1, 0.15) is 41.6 Å². The molecule has 0 radical (unpaired) electrons. The molecule has 2 aliphatic rings. The zero-order chi connectivity index (χ0) is 31.2. The number of aliphatic hydroxyl groups is 1. The van der Waals surface area contributed by atoms with E-state index in [-0.39, 0.29) is 36.2 Å². The van der Waals surface area contributed by atoms with Crippen molar-refractivity contribution in [2.45, 2.75) is 43.5 Å². The van der Waals surface area contributed by atoms with Crippen molar-refractivity contribution in [1.29, 1.82) is 0 Å². The van der Waals surface area contributed by atoms with Gasteiger partial charge in [-0.25, -0.2) is 13.1 Å². The molecule has 8 nitrogen and oxygen atoms in total. The normalized spacial score (nSPS) is 22.7. The van der Waals surface area contributed by atoms with Crippen molar-refractivity contribution in [3.63, 3.8) is 0 Å². The zero-order valence-corrected chi connectivity index (χ0v) is 26.2. The van der Waals surface area contributed by atoms with Crippen molar-refractivity contribution < 1.29 is 27.7 Å². The van der Waals surface area contributed by atoms with Gasteiger partial charge >= 0.3 is 0 Å². The van der Waals surface area contributed by atoms with Gasteiger partial charge < -0.3 is 19.3 Å². The number of rotatable bonds is 10. The summed E-state index contributed by atoms with van der Waals surface area (Å²) in [5.74, 6) is 0.106. The molecule has 0 aromatic heterocycles. The van der Waals surface area contributed by atoms with Crippen LogP contribution in [0.4, 0.5) is 0 Å². The van der Waals surface area contributed by atoms with Gasteiger partial charge in [-0.2, -0.15) is 0 Å². The molecule has 0 aliphatic carbocycles. The van der Waals surface area contributed by atoms with Crippen LogP contribution in [0, 0.1) is 5.92 Å². The zero-order valence-electron chi connectivity index (χ0n) is 25.4. The lowest BCUT2D eigenvalue weighted by Crippen LogP contribution is -2.47. The standard InChI is InChI=1S/C36H40N2O6S/c1-26-34(24-38-19-21-42-22-20-38)43-36(44-35(26)29-13-11-27(25-39)12-14-29)30-17-15-28(16-18-30)33-10-6-5-7-31(33)23-37-45(40,41)32-8-3-2-4-9-32/h2-18,26,34-37,39H,19-25H2,1H3/t26-,34+,35+,36+/m0/s1. The Labute approximate surface area is 265 Å². The molecule has 6 rings (SSSR count). The maximum atomic E-state index is 12.9. The van der Waals surface area contributed by atoms with Gasteiger partial charge in [-0.1, -0.05) is 97.9 Å². The molecular formula is C36H40N2O6S. The van der Waals surface area contributed by atoms with Gasteiger partial charge in [0.15, 0.2) is 6.29 Å². The van der Waals surface area contributed by atoms with Crippen molar-refractivity contribution in [1.82, 2.24) is 9.62 Å². The van der Waals surface area contributed by atoms with Crippen LogP contribution in [0.15, 0.2) is 108 Å². The molecule has 2 N–H and O–H groups in total. The van der Waals surface area contributed by atoms with Crippen molar-refractivity contribution in [2.75, 3.05) is 32.8 Å². The second-order valence-electron chi connectivity index (χ2n) is 11.7. The van der Waals surface area contributed by atoms with E-state index < -0.39 is 16.3 Å². The number of ether oxygens (including phenoxy) is 3. The van der Waals surface area contributed by atoms with Crippen LogP contribution in [0.25, 0.3) is 11.1 Å². The van der Waals surface area contributed by atoms with E-state index >= 15 is 0 Å². The summed E-state index contributed by atoms with van der Waals surface area (Å²) >= 11 is 0. The van der Waals surface area contributed by atoms with Gasteiger partial charge in [0.25, 0.3) is 0 Å². The minimum atomic E-state index is -3.64. The van der Waals surface area contributed by atoms with Gasteiger partial charge in [0.1, 0.15) is 0 Å². The fourth-order valence-electron chi connectivity index (χ4n) is 6.00. The smallest absolute Gasteiger partial charge is 0.240 e. The first-order valence-electron chi connectivity index (χ1n) is 15.4. The topological polar surface area (TPSA) is 97.3 Å². The average molecular weight is 629 g/mol. The molecule has 0 amide bonds. The molecular weight excluding hydrogens is 588 g/mol. The van der Waals surface area contributed by atoms with Crippen LogP contribution in [-0.4, -0.2) is 57.4 Å². The number of nitrogens with zero attached hydrogens (tertiary/aromatic N) is 1. The van der Waals surface area contributed by atoms with Crippen molar-refractivity contribution >= 4 is 10.0 Å². The highest BCUT2D eigenvalue weighted by Gasteiger charge is 2.39. The number of hydrogen-bond donors (Lipinski definition) is 2. The quantitative estimate of drug-likeness (QED) is 0.241. The minimum Gasteiger partial charge on any atom is -0.392 e. The summed E-state index contributed by atoms with van der Waals surface area (Å²) in [5, 5.41) is 9.54. The molecule has 2 saturated heterocycles. The molecule has 2 aliphatic heterocycles. The Kier molecular flexibility index (Phi) is 10.1. The molecule has 0 bridgehead atoms. The lowest BCUT2D eigenvalue weighted by atomic mass is 9.90. The molecule has 4 aromatic carbocycles. The molecule has 45 heavy (non-hydrogen) atoms. The van der Waals surface area contributed by atoms with E-state index in [1.54, 1.807) is 30.3 Å². The first kappa shape index (κ1) is 31.6. The van der Waals surface area contributed by atoms with Crippen LogP contribution in [0.2, 0.25) is 0 Å². The second-order valence-corrected chi connectivity index (χ2v) is 13.4. The lowest BCUT2D eigenvalue weighted by Gasteiger charge is -2.43.